The van der Waals surface area contributed by atoms with Crippen molar-refractivity contribution in [1.82, 2.24) is 0 Å². The summed E-state index contributed by atoms with van der Waals surface area (Å²) >= 11 is 6.20. The molecule has 0 amide bonds. The molecule has 1 fully saturated rings. The van der Waals surface area contributed by atoms with E-state index in [1.807, 2.05) is 0 Å². The molecule has 0 aromatic heterocycles. The third-order valence-electron chi connectivity index (χ3n) is 4.02. The van der Waals surface area contributed by atoms with Crippen LogP contribution in [0.5, 0.6) is 0 Å². The van der Waals surface area contributed by atoms with Crippen molar-refractivity contribution >= 4 is 11.6 Å². The number of nitrogens with two attached hydrogens (primary N) is 1. The van der Waals surface area contributed by atoms with E-state index < -0.39 is 6.43 Å². The topological polar surface area (TPSA) is 26.0 Å². The van der Waals surface area contributed by atoms with Gasteiger partial charge in [-0.15, -0.1) is 0 Å². The number of halogens is 3. The van der Waals surface area contributed by atoms with Crippen LogP contribution in [0.25, 0.3) is 0 Å². The third kappa shape index (κ3) is 2.52. The van der Waals surface area contributed by atoms with Crippen molar-refractivity contribution < 1.29 is 8.78 Å². The molecule has 2 rings (SSSR count). The highest BCUT2D eigenvalue weighted by Gasteiger charge is 2.34. The molecule has 1 saturated carbocycles. The first kappa shape index (κ1) is 13.8. The predicted molar refractivity (Wildman–Crippen MR) is 70.2 cm³/mol. The van der Waals surface area contributed by atoms with E-state index >= 15 is 0 Å². The number of rotatable bonds is 3. The lowest BCUT2D eigenvalue weighted by molar-refractivity contribution is 0.151. The summed E-state index contributed by atoms with van der Waals surface area (Å²) < 4.78 is 25.6. The number of hydrogen-bond donors (Lipinski definition) is 1. The van der Waals surface area contributed by atoms with Gasteiger partial charge in [0.05, 0.1) is 0 Å². The molecule has 0 saturated heterocycles. The van der Waals surface area contributed by atoms with E-state index in [0.29, 0.717) is 11.6 Å². The van der Waals surface area contributed by atoms with Crippen molar-refractivity contribution in [2.75, 3.05) is 6.54 Å². The van der Waals surface area contributed by atoms with Crippen LogP contribution in [0.15, 0.2) is 18.2 Å². The van der Waals surface area contributed by atoms with Crippen LogP contribution >= 0.6 is 11.6 Å². The van der Waals surface area contributed by atoms with Crippen molar-refractivity contribution in [2.24, 2.45) is 5.73 Å². The van der Waals surface area contributed by atoms with Gasteiger partial charge in [0.15, 0.2) is 0 Å². The molecule has 0 unspecified atom stereocenters. The van der Waals surface area contributed by atoms with Crippen LogP contribution in [0.3, 0.4) is 0 Å². The van der Waals surface area contributed by atoms with E-state index in [9.17, 15) is 8.78 Å². The van der Waals surface area contributed by atoms with Crippen molar-refractivity contribution in [1.29, 1.82) is 0 Å². The molecule has 1 aliphatic carbocycles. The largest absolute Gasteiger partial charge is 0.330 e. The van der Waals surface area contributed by atoms with Gasteiger partial charge in [0.1, 0.15) is 0 Å². The summed E-state index contributed by atoms with van der Waals surface area (Å²) in [6.45, 7) is 0.472. The Morgan fingerprint density at radius 2 is 1.89 bits per heavy atom. The van der Waals surface area contributed by atoms with Gasteiger partial charge in [0, 0.05) is 22.5 Å². The van der Waals surface area contributed by atoms with Gasteiger partial charge in [0.2, 0.25) is 0 Å². The Morgan fingerprint density at radius 3 is 2.44 bits per heavy atom. The van der Waals surface area contributed by atoms with Crippen LogP contribution in [0.1, 0.15) is 49.7 Å². The zero-order valence-corrected chi connectivity index (χ0v) is 11.0. The Balaban J connectivity index is 2.43. The first-order valence-corrected chi connectivity index (χ1v) is 6.75. The molecule has 2 N–H and O–H groups in total. The summed E-state index contributed by atoms with van der Waals surface area (Å²) in [7, 11) is 0. The minimum absolute atomic E-state index is 0.0350. The van der Waals surface area contributed by atoms with Gasteiger partial charge < -0.3 is 5.73 Å². The van der Waals surface area contributed by atoms with Crippen molar-refractivity contribution in [3.05, 3.63) is 34.3 Å². The second kappa shape index (κ2) is 5.54. The Hall–Kier alpha value is -0.670. The lowest BCUT2D eigenvalue weighted by atomic mass is 9.69. The van der Waals surface area contributed by atoms with Crippen molar-refractivity contribution in [3.8, 4) is 0 Å². The predicted octanol–water partition coefficient (Wildman–Crippen LogP) is 4.44. The van der Waals surface area contributed by atoms with Gasteiger partial charge >= 0.3 is 0 Å². The maximum atomic E-state index is 12.8. The molecular weight excluding hydrogens is 256 g/mol. The van der Waals surface area contributed by atoms with Gasteiger partial charge in [-0.2, -0.15) is 0 Å². The van der Waals surface area contributed by atoms with Crippen molar-refractivity contribution in [3.63, 3.8) is 0 Å². The number of hydrogen-bond acceptors (Lipinski definition) is 1. The van der Waals surface area contributed by atoms with Crippen LogP contribution in [0.2, 0.25) is 5.02 Å². The zero-order chi connectivity index (χ0) is 13.2. The van der Waals surface area contributed by atoms with Gasteiger partial charge in [0.25, 0.3) is 6.43 Å². The standard InChI is InChI=1S/C14H18ClF2N/c15-12-5-4-10(13(16)17)8-11(12)14(9-18)6-2-1-3-7-14/h4-5,8,13H,1-3,6-7,9,18H2. The Labute approximate surface area is 111 Å². The zero-order valence-electron chi connectivity index (χ0n) is 10.3. The smallest absolute Gasteiger partial charge is 0.263 e. The second-order valence-corrected chi connectivity index (χ2v) is 5.49. The van der Waals surface area contributed by atoms with E-state index in [-0.39, 0.29) is 11.0 Å². The Morgan fingerprint density at radius 1 is 1.22 bits per heavy atom. The quantitative estimate of drug-likeness (QED) is 0.866. The highest BCUT2D eigenvalue weighted by atomic mass is 35.5. The Bertz CT molecular complexity index is 414. The summed E-state index contributed by atoms with van der Waals surface area (Å²) in [6.07, 6.45) is 2.79. The lowest BCUT2D eigenvalue weighted by Gasteiger charge is -2.37. The molecule has 100 valence electrons. The van der Waals surface area contributed by atoms with Crippen LogP contribution in [-0.2, 0) is 5.41 Å². The van der Waals surface area contributed by atoms with E-state index in [1.54, 1.807) is 12.1 Å². The van der Waals surface area contributed by atoms with Gasteiger partial charge in [-0.25, -0.2) is 8.78 Å². The molecule has 0 atom stereocenters. The van der Waals surface area contributed by atoms with Gasteiger partial charge in [-0.3, -0.25) is 0 Å². The molecular formula is C14H18ClF2N. The van der Waals surface area contributed by atoms with Crippen LogP contribution in [0.4, 0.5) is 8.78 Å². The highest BCUT2D eigenvalue weighted by Crippen LogP contribution is 2.42. The molecule has 4 heteroatoms. The molecule has 0 bridgehead atoms. The fraction of sp³-hybridized carbons (Fsp3) is 0.571. The minimum Gasteiger partial charge on any atom is -0.330 e. The fourth-order valence-corrected chi connectivity index (χ4v) is 3.21. The number of benzene rings is 1. The minimum atomic E-state index is -2.46. The average molecular weight is 274 g/mol. The van der Waals surface area contributed by atoms with Crippen LogP contribution in [0, 0.1) is 0 Å². The van der Waals surface area contributed by atoms with E-state index in [0.717, 1.165) is 31.2 Å². The summed E-state index contributed by atoms with van der Waals surface area (Å²) in [6, 6.07) is 4.51. The average Bonchev–Trinajstić information content (AvgIpc) is 2.39. The molecule has 18 heavy (non-hydrogen) atoms. The SMILES string of the molecule is NCC1(c2cc(C(F)F)ccc2Cl)CCCCC1. The Kier molecular flexibility index (Phi) is 4.23. The molecule has 0 radical (unpaired) electrons. The normalized spacial score (nSPS) is 19.2. The molecule has 1 aromatic rings. The fourth-order valence-electron chi connectivity index (χ4n) is 2.90. The van der Waals surface area contributed by atoms with Gasteiger partial charge in [-0.05, 0) is 30.5 Å². The number of alkyl halides is 2. The molecule has 0 spiro atoms. The highest BCUT2D eigenvalue weighted by molar-refractivity contribution is 6.31. The summed E-state index contributed by atoms with van der Waals surface area (Å²) in [4.78, 5) is 0. The van der Waals surface area contributed by atoms with E-state index in [4.69, 9.17) is 17.3 Å². The van der Waals surface area contributed by atoms with Crippen molar-refractivity contribution in [2.45, 2.75) is 43.9 Å². The third-order valence-corrected chi connectivity index (χ3v) is 4.34. The molecule has 1 aliphatic rings. The molecule has 0 aliphatic heterocycles. The molecule has 0 heterocycles. The second-order valence-electron chi connectivity index (χ2n) is 5.09. The molecule has 1 aromatic carbocycles. The maximum absolute atomic E-state index is 12.8. The van der Waals surface area contributed by atoms with E-state index in [1.165, 1.54) is 12.5 Å². The maximum Gasteiger partial charge on any atom is 0.263 e. The van der Waals surface area contributed by atoms with Crippen LogP contribution in [-0.4, -0.2) is 6.54 Å². The van der Waals surface area contributed by atoms with Gasteiger partial charge in [-0.1, -0.05) is 36.9 Å². The summed E-state index contributed by atoms with van der Waals surface area (Å²) in [5.74, 6) is 0. The first-order valence-electron chi connectivity index (χ1n) is 6.37. The van der Waals surface area contributed by atoms with E-state index in [2.05, 4.69) is 0 Å². The molecule has 1 nitrogen and oxygen atoms in total. The summed E-state index contributed by atoms with van der Waals surface area (Å²) in [5.41, 5.74) is 6.56. The van der Waals surface area contributed by atoms with Crippen LogP contribution < -0.4 is 5.73 Å². The lowest BCUT2D eigenvalue weighted by Crippen LogP contribution is -2.37. The monoisotopic (exact) mass is 273 g/mol. The summed E-state index contributed by atoms with van der Waals surface area (Å²) in [5, 5.41) is 0.562. The first-order chi connectivity index (χ1) is 8.59.